The third-order valence-corrected chi connectivity index (χ3v) is 4.41. The minimum Gasteiger partial charge on any atom is -0.497 e. The van der Waals surface area contributed by atoms with E-state index in [-0.39, 0.29) is 17.2 Å². The van der Waals surface area contributed by atoms with Crippen molar-refractivity contribution in [3.05, 3.63) is 59.7 Å². The van der Waals surface area contributed by atoms with Crippen molar-refractivity contribution in [2.24, 2.45) is 0 Å². The zero-order valence-electron chi connectivity index (χ0n) is 15.1. The topological polar surface area (TPSA) is 67.4 Å². The van der Waals surface area contributed by atoms with Gasteiger partial charge in [0.1, 0.15) is 5.75 Å². The molecule has 2 amide bonds. The Morgan fingerprint density at radius 2 is 2.04 bits per heavy atom. The lowest BCUT2D eigenvalue weighted by Crippen LogP contribution is -2.32. The SMILES string of the molecule is COc1cccc(/C=C/C(=O)Nc2ccc3c(c2)NC(=O)CC3(C)C)c1. The van der Waals surface area contributed by atoms with E-state index in [2.05, 4.69) is 10.6 Å². The Bertz CT molecular complexity index is 885. The Labute approximate surface area is 153 Å². The van der Waals surface area contributed by atoms with Gasteiger partial charge < -0.3 is 15.4 Å². The number of hydrogen-bond donors (Lipinski definition) is 2. The van der Waals surface area contributed by atoms with Crippen LogP contribution in [0.25, 0.3) is 6.08 Å². The van der Waals surface area contributed by atoms with Gasteiger partial charge >= 0.3 is 0 Å². The molecule has 2 N–H and O–H groups in total. The van der Waals surface area contributed by atoms with Crippen LogP contribution in [0.15, 0.2) is 48.5 Å². The molecule has 1 aliphatic rings. The number of hydrogen-bond acceptors (Lipinski definition) is 3. The number of amides is 2. The highest BCUT2D eigenvalue weighted by atomic mass is 16.5. The molecule has 5 heteroatoms. The Morgan fingerprint density at radius 3 is 2.81 bits per heavy atom. The van der Waals surface area contributed by atoms with E-state index in [1.165, 1.54) is 6.08 Å². The monoisotopic (exact) mass is 350 g/mol. The zero-order valence-corrected chi connectivity index (χ0v) is 15.1. The average molecular weight is 350 g/mol. The Balaban J connectivity index is 1.73. The summed E-state index contributed by atoms with van der Waals surface area (Å²) in [6, 6.07) is 13.1. The quantitative estimate of drug-likeness (QED) is 0.820. The minimum absolute atomic E-state index is 0.0103. The molecule has 0 saturated heterocycles. The van der Waals surface area contributed by atoms with E-state index in [1.807, 2.05) is 50.2 Å². The van der Waals surface area contributed by atoms with Crippen LogP contribution < -0.4 is 15.4 Å². The molecule has 1 heterocycles. The first-order chi connectivity index (χ1) is 12.4. The second kappa shape index (κ2) is 7.04. The molecule has 0 atom stereocenters. The van der Waals surface area contributed by atoms with E-state index >= 15 is 0 Å². The van der Waals surface area contributed by atoms with Gasteiger partial charge in [0.05, 0.1) is 7.11 Å². The van der Waals surface area contributed by atoms with E-state index < -0.39 is 0 Å². The van der Waals surface area contributed by atoms with Crippen LogP contribution in [0.5, 0.6) is 5.75 Å². The van der Waals surface area contributed by atoms with E-state index in [4.69, 9.17) is 4.74 Å². The number of fused-ring (bicyclic) bond motifs is 1. The lowest BCUT2D eigenvalue weighted by Gasteiger charge is -2.32. The first-order valence-corrected chi connectivity index (χ1v) is 8.45. The minimum atomic E-state index is -0.242. The van der Waals surface area contributed by atoms with Gasteiger partial charge in [0, 0.05) is 29.3 Å². The molecular formula is C21H22N2O3. The molecule has 0 bridgehead atoms. The molecule has 1 aliphatic heterocycles. The van der Waals surface area contributed by atoms with Crippen LogP contribution in [0.1, 0.15) is 31.4 Å². The third-order valence-electron chi connectivity index (χ3n) is 4.41. The van der Waals surface area contributed by atoms with Gasteiger partial charge in [0.2, 0.25) is 11.8 Å². The van der Waals surface area contributed by atoms with E-state index in [1.54, 1.807) is 19.3 Å². The van der Waals surface area contributed by atoms with Crippen LogP contribution in [0.2, 0.25) is 0 Å². The first kappa shape index (κ1) is 17.7. The van der Waals surface area contributed by atoms with Gasteiger partial charge in [0.25, 0.3) is 0 Å². The molecule has 0 aromatic heterocycles. The molecule has 0 spiro atoms. The van der Waals surface area contributed by atoms with Crippen LogP contribution in [0.3, 0.4) is 0 Å². The van der Waals surface area contributed by atoms with Crippen LogP contribution in [0, 0.1) is 0 Å². The number of methoxy groups -OCH3 is 1. The van der Waals surface area contributed by atoms with E-state index in [9.17, 15) is 9.59 Å². The van der Waals surface area contributed by atoms with Crippen molar-refractivity contribution in [3.63, 3.8) is 0 Å². The Morgan fingerprint density at radius 1 is 1.23 bits per heavy atom. The highest BCUT2D eigenvalue weighted by Gasteiger charge is 2.31. The smallest absolute Gasteiger partial charge is 0.248 e. The molecule has 0 fully saturated rings. The number of ether oxygens (including phenoxy) is 1. The highest BCUT2D eigenvalue weighted by Crippen LogP contribution is 2.38. The van der Waals surface area contributed by atoms with Crippen molar-refractivity contribution in [2.75, 3.05) is 17.7 Å². The summed E-state index contributed by atoms with van der Waals surface area (Å²) >= 11 is 0. The summed E-state index contributed by atoms with van der Waals surface area (Å²) in [5.74, 6) is 0.485. The van der Waals surface area contributed by atoms with Crippen molar-refractivity contribution in [3.8, 4) is 5.75 Å². The van der Waals surface area contributed by atoms with Crippen LogP contribution in [-0.2, 0) is 15.0 Å². The maximum absolute atomic E-state index is 12.2. The standard InChI is InChI=1S/C21H22N2O3/c1-21(2)13-20(25)23-18-12-15(8-9-17(18)21)22-19(24)10-7-14-5-4-6-16(11-14)26-3/h4-12H,13H2,1-3H3,(H,22,24)(H,23,25)/b10-7+. The van der Waals surface area contributed by atoms with Gasteiger partial charge in [-0.15, -0.1) is 0 Å². The molecule has 0 unspecified atom stereocenters. The van der Waals surface area contributed by atoms with Crippen molar-refractivity contribution in [2.45, 2.75) is 25.7 Å². The summed E-state index contributed by atoms with van der Waals surface area (Å²) in [5.41, 5.74) is 3.12. The van der Waals surface area contributed by atoms with Crippen LogP contribution >= 0.6 is 0 Å². The summed E-state index contributed by atoms with van der Waals surface area (Å²) in [7, 11) is 1.60. The zero-order chi connectivity index (χ0) is 18.7. The normalized spacial score (nSPS) is 15.3. The Hall–Kier alpha value is -3.08. The molecule has 5 nitrogen and oxygen atoms in total. The number of anilines is 2. The second-order valence-electron chi connectivity index (χ2n) is 6.97. The summed E-state index contributed by atoms with van der Waals surface area (Å²) in [4.78, 5) is 24.1. The lowest BCUT2D eigenvalue weighted by molar-refractivity contribution is -0.117. The fourth-order valence-electron chi connectivity index (χ4n) is 3.11. The summed E-state index contributed by atoms with van der Waals surface area (Å²) in [5, 5.41) is 5.70. The van der Waals surface area contributed by atoms with Gasteiger partial charge in [0.15, 0.2) is 0 Å². The fraction of sp³-hybridized carbons (Fsp3) is 0.238. The lowest BCUT2D eigenvalue weighted by atomic mass is 9.78. The van der Waals surface area contributed by atoms with Crippen molar-refractivity contribution >= 4 is 29.3 Å². The second-order valence-corrected chi connectivity index (χ2v) is 6.97. The van der Waals surface area contributed by atoms with Crippen molar-refractivity contribution < 1.29 is 14.3 Å². The first-order valence-electron chi connectivity index (χ1n) is 8.45. The summed E-state index contributed by atoms with van der Waals surface area (Å²) in [6.45, 7) is 4.08. The molecule has 26 heavy (non-hydrogen) atoms. The van der Waals surface area contributed by atoms with Crippen LogP contribution in [-0.4, -0.2) is 18.9 Å². The highest BCUT2D eigenvalue weighted by molar-refractivity contribution is 6.03. The van der Waals surface area contributed by atoms with Gasteiger partial charge in [-0.3, -0.25) is 9.59 Å². The number of carbonyl (C=O) groups is 2. The van der Waals surface area contributed by atoms with Gasteiger partial charge in [-0.05, 0) is 41.5 Å². The Kier molecular flexibility index (Phi) is 4.80. The maximum atomic E-state index is 12.2. The fourth-order valence-corrected chi connectivity index (χ4v) is 3.11. The van der Waals surface area contributed by atoms with E-state index in [0.717, 1.165) is 22.6 Å². The molecule has 134 valence electrons. The predicted molar refractivity (Wildman–Crippen MR) is 103 cm³/mol. The van der Waals surface area contributed by atoms with Crippen LogP contribution in [0.4, 0.5) is 11.4 Å². The summed E-state index contributed by atoms with van der Waals surface area (Å²) in [6.07, 6.45) is 3.65. The number of carbonyl (C=O) groups excluding carboxylic acids is 2. The largest absolute Gasteiger partial charge is 0.497 e. The van der Waals surface area contributed by atoms with E-state index in [0.29, 0.717) is 12.1 Å². The molecule has 0 radical (unpaired) electrons. The van der Waals surface area contributed by atoms with Crippen molar-refractivity contribution in [1.82, 2.24) is 0 Å². The molecule has 0 saturated carbocycles. The van der Waals surface area contributed by atoms with Gasteiger partial charge in [-0.2, -0.15) is 0 Å². The van der Waals surface area contributed by atoms with Gasteiger partial charge in [-0.25, -0.2) is 0 Å². The number of rotatable bonds is 4. The van der Waals surface area contributed by atoms with Gasteiger partial charge in [-0.1, -0.05) is 32.0 Å². The maximum Gasteiger partial charge on any atom is 0.248 e. The van der Waals surface area contributed by atoms with Crippen molar-refractivity contribution in [1.29, 1.82) is 0 Å². The molecule has 3 rings (SSSR count). The number of benzene rings is 2. The predicted octanol–water partition coefficient (Wildman–Crippen LogP) is 3.97. The molecular weight excluding hydrogens is 328 g/mol. The third kappa shape index (κ3) is 3.94. The molecule has 2 aromatic carbocycles. The summed E-state index contributed by atoms with van der Waals surface area (Å²) < 4.78 is 5.17. The number of nitrogens with one attached hydrogen (secondary N) is 2. The average Bonchev–Trinajstić information content (AvgIpc) is 2.59. The molecule has 0 aliphatic carbocycles. The molecule has 2 aromatic rings.